The van der Waals surface area contributed by atoms with Gasteiger partial charge in [-0.15, -0.1) is 0 Å². The standard InChI is InChI=1S/C56H30N4O2/c57-31-33-17-19-34(20-18-33)46-29-35(21-22-36(46)32-58)37-27-38(59-47-13-5-1-11-44(47)53-49(59)25-23-42-40-9-3-7-15-51(40)61-55(42)53)30-39(28-37)60-48-14-6-2-12-45(48)54-50(60)26-24-43-41-10-4-8-16-52(41)62-56(43)54/h1-30H. The van der Waals surface area contributed by atoms with Crippen LogP contribution in [0, 0.1) is 22.7 Å². The van der Waals surface area contributed by atoms with E-state index in [4.69, 9.17) is 8.83 Å². The molecule has 0 fully saturated rings. The second-order valence-corrected chi connectivity index (χ2v) is 15.9. The number of furan rings is 2. The third-order valence-corrected chi connectivity index (χ3v) is 12.6. The minimum Gasteiger partial charge on any atom is -0.455 e. The van der Waals surface area contributed by atoms with Gasteiger partial charge in [0.05, 0.1) is 56.1 Å². The van der Waals surface area contributed by atoms with Crippen LogP contribution in [0.3, 0.4) is 0 Å². The molecule has 6 heteroatoms. The first kappa shape index (κ1) is 34.1. The smallest absolute Gasteiger partial charge is 0.145 e. The van der Waals surface area contributed by atoms with Gasteiger partial charge in [-0.25, -0.2) is 0 Å². The van der Waals surface area contributed by atoms with E-state index in [1.54, 1.807) is 12.1 Å². The van der Waals surface area contributed by atoms with Crippen LogP contribution < -0.4 is 0 Å². The number of aromatic nitrogens is 2. The second kappa shape index (κ2) is 12.8. The van der Waals surface area contributed by atoms with Crippen molar-refractivity contribution < 1.29 is 8.83 Å². The molecule has 0 bridgehead atoms. The molecule has 0 aliphatic heterocycles. The molecule has 0 N–H and O–H groups in total. The topological polar surface area (TPSA) is 83.7 Å². The number of para-hydroxylation sites is 4. The lowest BCUT2D eigenvalue weighted by Gasteiger charge is -2.16. The molecule has 0 atom stereocenters. The summed E-state index contributed by atoms with van der Waals surface area (Å²) in [6.07, 6.45) is 0. The molecule has 0 radical (unpaired) electrons. The van der Waals surface area contributed by atoms with Gasteiger partial charge in [-0.05, 0) is 108 Å². The number of nitrogens with zero attached hydrogens (tertiary/aromatic N) is 4. The van der Waals surface area contributed by atoms with Crippen molar-refractivity contribution in [2.75, 3.05) is 0 Å². The molecule has 0 amide bonds. The third kappa shape index (κ3) is 4.78. The van der Waals surface area contributed by atoms with Crippen molar-refractivity contribution >= 4 is 87.5 Å². The van der Waals surface area contributed by atoms with E-state index in [1.807, 2.05) is 48.5 Å². The monoisotopic (exact) mass is 790 g/mol. The van der Waals surface area contributed by atoms with Gasteiger partial charge in [-0.2, -0.15) is 10.5 Å². The van der Waals surface area contributed by atoms with Gasteiger partial charge in [0, 0.05) is 49.3 Å². The van der Waals surface area contributed by atoms with Crippen LogP contribution in [0.4, 0.5) is 0 Å². The molecule has 62 heavy (non-hydrogen) atoms. The highest BCUT2D eigenvalue weighted by molar-refractivity contribution is 6.25. The predicted octanol–water partition coefficient (Wildman–Crippen LogP) is 14.8. The molecule has 4 heterocycles. The minimum atomic E-state index is 0.560. The third-order valence-electron chi connectivity index (χ3n) is 12.6. The van der Waals surface area contributed by atoms with E-state index >= 15 is 0 Å². The van der Waals surface area contributed by atoms with Gasteiger partial charge in [0.25, 0.3) is 0 Å². The first-order valence-corrected chi connectivity index (χ1v) is 20.5. The Bertz CT molecular complexity index is 3920. The molecule has 0 spiro atoms. The van der Waals surface area contributed by atoms with Gasteiger partial charge in [0.2, 0.25) is 0 Å². The fourth-order valence-electron chi connectivity index (χ4n) is 9.83. The van der Waals surface area contributed by atoms with Crippen molar-refractivity contribution in [2.45, 2.75) is 0 Å². The van der Waals surface area contributed by atoms with E-state index in [9.17, 15) is 10.5 Å². The van der Waals surface area contributed by atoms with Gasteiger partial charge in [0.1, 0.15) is 22.3 Å². The quantitative estimate of drug-likeness (QED) is 0.178. The van der Waals surface area contributed by atoms with E-state index < -0.39 is 0 Å². The number of rotatable bonds is 4. The summed E-state index contributed by atoms with van der Waals surface area (Å²) in [4.78, 5) is 0. The fourth-order valence-corrected chi connectivity index (χ4v) is 9.83. The number of hydrogen-bond donors (Lipinski definition) is 0. The van der Waals surface area contributed by atoms with Crippen molar-refractivity contribution in [3.63, 3.8) is 0 Å². The van der Waals surface area contributed by atoms with Crippen molar-refractivity contribution in [1.82, 2.24) is 9.13 Å². The summed E-state index contributed by atoms with van der Waals surface area (Å²) < 4.78 is 18.0. The highest BCUT2D eigenvalue weighted by atomic mass is 16.3. The molecule has 0 unspecified atom stereocenters. The molecule has 6 nitrogen and oxygen atoms in total. The van der Waals surface area contributed by atoms with Crippen LogP contribution in [0.15, 0.2) is 191 Å². The van der Waals surface area contributed by atoms with Crippen molar-refractivity contribution in [1.29, 1.82) is 10.5 Å². The largest absolute Gasteiger partial charge is 0.455 e. The molecule has 286 valence electrons. The molecule has 4 aromatic heterocycles. The van der Waals surface area contributed by atoms with Crippen LogP contribution >= 0.6 is 0 Å². The summed E-state index contributed by atoms with van der Waals surface area (Å²) >= 11 is 0. The predicted molar refractivity (Wildman–Crippen MR) is 250 cm³/mol. The normalized spacial score (nSPS) is 11.8. The van der Waals surface area contributed by atoms with E-state index in [0.29, 0.717) is 11.1 Å². The fraction of sp³-hybridized carbons (Fsp3) is 0. The van der Waals surface area contributed by atoms with Crippen molar-refractivity contribution in [3.8, 4) is 45.8 Å². The first-order valence-electron chi connectivity index (χ1n) is 20.5. The van der Waals surface area contributed by atoms with Crippen molar-refractivity contribution in [3.05, 3.63) is 193 Å². The Morgan fingerprint density at radius 1 is 0.371 bits per heavy atom. The Morgan fingerprint density at radius 3 is 1.40 bits per heavy atom. The molecule has 0 saturated carbocycles. The van der Waals surface area contributed by atoms with Crippen LogP contribution in [-0.2, 0) is 0 Å². The summed E-state index contributed by atoms with van der Waals surface area (Å²) in [5.41, 5.74) is 14.3. The SMILES string of the molecule is N#Cc1ccc(-c2cc(-c3cc(-n4c5ccccc5c5c6oc7ccccc7c6ccc54)cc(-n4c5ccccc5c5c6oc7ccccc7c6ccc54)c3)ccc2C#N)cc1. The number of benzene rings is 9. The van der Waals surface area contributed by atoms with Gasteiger partial charge >= 0.3 is 0 Å². The van der Waals surface area contributed by atoms with Gasteiger partial charge in [-0.3, -0.25) is 0 Å². The first-order chi connectivity index (χ1) is 30.6. The molecule has 0 saturated heterocycles. The highest BCUT2D eigenvalue weighted by Gasteiger charge is 2.23. The number of hydrogen-bond acceptors (Lipinski definition) is 4. The maximum atomic E-state index is 10.3. The zero-order chi connectivity index (χ0) is 41.1. The maximum absolute atomic E-state index is 10.3. The number of nitriles is 2. The Labute approximate surface area is 353 Å². The van der Waals surface area contributed by atoms with E-state index in [0.717, 1.165) is 121 Å². The molecule has 13 rings (SSSR count). The van der Waals surface area contributed by atoms with E-state index in [2.05, 4.69) is 143 Å². The zero-order valence-electron chi connectivity index (χ0n) is 32.9. The second-order valence-electron chi connectivity index (χ2n) is 15.9. The Morgan fingerprint density at radius 2 is 0.871 bits per heavy atom. The lowest BCUT2D eigenvalue weighted by Crippen LogP contribution is -2.00. The minimum absolute atomic E-state index is 0.560. The molecular formula is C56H30N4O2. The lowest BCUT2D eigenvalue weighted by atomic mass is 9.94. The Hall–Kier alpha value is -8.84. The van der Waals surface area contributed by atoms with E-state index in [1.165, 1.54) is 0 Å². The summed E-state index contributed by atoms with van der Waals surface area (Å²) in [6, 6.07) is 67.2. The van der Waals surface area contributed by atoms with Crippen molar-refractivity contribution in [2.24, 2.45) is 0 Å². The molecule has 0 aliphatic rings. The summed E-state index contributed by atoms with van der Waals surface area (Å²) in [5, 5.41) is 28.5. The summed E-state index contributed by atoms with van der Waals surface area (Å²) in [7, 11) is 0. The van der Waals surface area contributed by atoms with Crippen LogP contribution in [0.2, 0.25) is 0 Å². The van der Waals surface area contributed by atoms with Crippen LogP contribution in [-0.4, -0.2) is 9.13 Å². The molecule has 13 aromatic rings. The Balaban J connectivity index is 1.13. The Kier molecular flexibility index (Phi) is 7.05. The van der Waals surface area contributed by atoms with E-state index in [-0.39, 0.29) is 0 Å². The average molecular weight is 791 g/mol. The van der Waals surface area contributed by atoms with Gasteiger partial charge in [-0.1, -0.05) is 91.0 Å². The van der Waals surface area contributed by atoms with Gasteiger partial charge < -0.3 is 18.0 Å². The maximum Gasteiger partial charge on any atom is 0.145 e. The summed E-state index contributed by atoms with van der Waals surface area (Å²) in [6.45, 7) is 0. The van der Waals surface area contributed by atoms with Crippen LogP contribution in [0.5, 0.6) is 0 Å². The highest BCUT2D eigenvalue weighted by Crippen LogP contribution is 2.44. The average Bonchev–Trinajstić information content (AvgIpc) is 4.09. The lowest BCUT2D eigenvalue weighted by molar-refractivity contribution is 0.672. The molecular weight excluding hydrogens is 761 g/mol. The molecule has 9 aromatic carbocycles. The zero-order valence-corrected chi connectivity index (χ0v) is 32.9. The number of fused-ring (bicyclic) bond motifs is 14. The van der Waals surface area contributed by atoms with Crippen LogP contribution in [0.1, 0.15) is 11.1 Å². The molecule has 0 aliphatic carbocycles. The van der Waals surface area contributed by atoms with Crippen LogP contribution in [0.25, 0.3) is 121 Å². The summed E-state index contributed by atoms with van der Waals surface area (Å²) in [5.74, 6) is 0. The van der Waals surface area contributed by atoms with Gasteiger partial charge in [0.15, 0.2) is 0 Å².